The van der Waals surface area contributed by atoms with Gasteiger partial charge in [0.2, 0.25) is 0 Å². The average Bonchev–Trinajstić information content (AvgIpc) is 2.96. The van der Waals surface area contributed by atoms with Gasteiger partial charge in [-0.05, 0) is 19.3 Å². The smallest absolute Gasteiger partial charge is 0.315 e. The van der Waals surface area contributed by atoms with Gasteiger partial charge in [0.05, 0.1) is 18.7 Å². The van der Waals surface area contributed by atoms with Gasteiger partial charge in [-0.1, -0.05) is 5.16 Å². The van der Waals surface area contributed by atoms with E-state index >= 15 is 0 Å². The molecule has 0 spiro atoms. The Kier molecular flexibility index (Phi) is 3.81. The second-order valence-electron chi connectivity index (χ2n) is 4.35. The number of rotatable bonds is 4. The highest BCUT2D eigenvalue weighted by Gasteiger charge is 2.30. The first-order chi connectivity index (χ1) is 8.65. The van der Waals surface area contributed by atoms with Crippen LogP contribution < -0.4 is 10.6 Å². The van der Waals surface area contributed by atoms with E-state index in [2.05, 4.69) is 15.8 Å². The number of aromatic nitrogens is 1. The Hall–Kier alpha value is -2.05. The molecule has 0 bridgehead atoms. The molecule has 2 unspecified atom stereocenters. The highest BCUT2D eigenvalue weighted by molar-refractivity contribution is 5.75. The third kappa shape index (κ3) is 3.22. The number of carboxylic acids is 1. The van der Waals surface area contributed by atoms with Crippen LogP contribution in [0, 0.1) is 5.92 Å². The molecule has 2 rings (SSSR count). The molecule has 3 N–H and O–H groups in total. The van der Waals surface area contributed by atoms with Gasteiger partial charge in [0.25, 0.3) is 0 Å². The van der Waals surface area contributed by atoms with E-state index in [1.54, 1.807) is 6.07 Å². The molecule has 98 valence electrons. The SMILES string of the molecule is O=C(NCc1ccno1)NC1CCC(C(=O)O)C1. The van der Waals surface area contributed by atoms with Crippen LogP contribution in [0.3, 0.4) is 0 Å². The molecule has 2 atom stereocenters. The van der Waals surface area contributed by atoms with Crippen LogP contribution in [-0.4, -0.2) is 28.3 Å². The van der Waals surface area contributed by atoms with Gasteiger partial charge in [-0.3, -0.25) is 4.79 Å². The number of hydrogen-bond donors (Lipinski definition) is 3. The highest BCUT2D eigenvalue weighted by Crippen LogP contribution is 2.25. The molecule has 1 aliphatic carbocycles. The molecule has 1 aromatic heterocycles. The van der Waals surface area contributed by atoms with E-state index in [0.717, 1.165) is 0 Å². The molecule has 7 nitrogen and oxygen atoms in total. The number of aliphatic carboxylic acids is 1. The fourth-order valence-electron chi connectivity index (χ4n) is 2.07. The maximum absolute atomic E-state index is 11.5. The largest absolute Gasteiger partial charge is 0.481 e. The lowest BCUT2D eigenvalue weighted by Gasteiger charge is -2.12. The normalized spacial score (nSPS) is 22.7. The van der Waals surface area contributed by atoms with Crippen molar-refractivity contribution in [2.75, 3.05) is 0 Å². The number of hydrogen-bond acceptors (Lipinski definition) is 4. The third-order valence-corrected chi connectivity index (χ3v) is 3.03. The van der Waals surface area contributed by atoms with Gasteiger partial charge in [-0.25, -0.2) is 4.79 Å². The summed E-state index contributed by atoms with van der Waals surface area (Å²) in [4.78, 5) is 22.3. The molecule has 7 heteroatoms. The van der Waals surface area contributed by atoms with Crippen molar-refractivity contribution in [3.05, 3.63) is 18.0 Å². The van der Waals surface area contributed by atoms with Gasteiger partial charge in [-0.15, -0.1) is 0 Å². The van der Waals surface area contributed by atoms with Gasteiger partial charge in [0.15, 0.2) is 5.76 Å². The van der Waals surface area contributed by atoms with E-state index in [4.69, 9.17) is 9.63 Å². The minimum absolute atomic E-state index is 0.0687. The fourth-order valence-corrected chi connectivity index (χ4v) is 2.07. The van der Waals surface area contributed by atoms with E-state index in [9.17, 15) is 9.59 Å². The first kappa shape index (κ1) is 12.4. The zero-order chi connectivity index (χ0) is 13.0. The van der Waals surface area contributed by atoms with Crippen molar-refractivity contribution in [2.24, 2.45) is 5.92 Å². The van der Waals surface area contributed by atoms with E-state index in [-0.39, 0.29) is 24.5 Å². The monoisotopic (exact) mass is 253 g/mol. The van der Waals surface area contributed by atoms with Crippen LogP contribution in [0.25, 0.3) is 0 Å². The summed E-state index contributed by atoms with van der Waals surface area (Å²) < 4.78 is 4.83. The van der Waals surface area contributed by atoms with Gasteiger partial charge in [-0.2, -0.15) is 0 Å². The summed E-state index contributed by atoms with van der Waals surface area (Å²) in [7, 11) is 0. The Morgan fingerprint density at radius 2 is 2.33 bits per heavy atom. The van der Waals surface area contributed by atoms with Crippen molar-refractivity contribution < 1.29 is 19.2 Å². The Morgan fingerprint density at radius 1 is 1.50 bits per heavy atom. The lowest BCUT2D eigenvalue weighted by atomic mass is 10.1. The molecule has 0 radical (unpaired) electrons. The second kappa shape index (κ2) is 5.52. The molecule has 18 heavy (non-hydrogen) atoms. The predicted octanol–water partition coefficient (Wildman–Crippen LogP) is 0.727. The Bertz CT molecular complexity index is 418. The molecule has 1 aliphatic rings. The minimum Gasteiger partial charge on any atom is -0.481 e. The van der Waals surface area contributed by atoms with Crippen LogP contribution in [0.4, 0.5) is 4.79 Å². The number of carboxylic acid groups (broad SMARTS) is 1. The highest BCUT2D eigenvalue weighted by atomic mass is 16.5. The Labute approximate surface area is 104 Å². The van der Waals surface area contributed by atoms with E-state index in [1.165, 1.54) is 6.20 Å². The molecular weight excluding hydrogens is 238 g/mol. The molecule has 1 saturated carbocycles. The summed E-state index contributed by atoms with van der Waals surface area (Å²) in [6.45, 7) is 0.265. The summed E-state index contributed by atoms with van der Waals surface area (Å²) in [5.41, 5.74) is 0. The number of carbonyl (C=O) groups excluding carboxylic acids is 1. The standard InChI is InChI=1S/C11H15N3O4/c15-10(16)7-1-2-8(5-7)14-11(17)12-6-9-3-4-13-18-9/h3-4,7-8H,1-2,5-6H2,(H,15,16)(H2,12,14,17). The van der Waals surface area contributed by atoms with Crippen molar-refractivity contribution in [3.8, 4) is 0 Å². The topological polar surface area (TPSA) is 104 Å². The lowest BCUT2D eigenvalue weighted by Crippen LogP contribution is -2.40. The maximum Gasteiger partial charge on any atom is 0.315 e. The van der Waals surface area contributed by atoms with Crippen LogP contribution in [0.15, 0.2) is 16.8 Å². The van der Waals surface area contributed by atoms with E-state index < -0.39 is 5.97 Å². The quantitative estimate of drug-likeness (QED) is 0.733. The van der Waals surface area contributed by atoms with E-state index in [1.807, 2.05) is 0 Å². The summed E-state index contributed by atoms with van der Waals surface area (Å²) in [5, 5.41) is 17.7. The van der Waals surface area contributed by atoms with Crippen molar-refractivity contribution in [1.29, 1.82) is 0 Å². The first-order valence-electron chi connectivity index (χ1n) is 5.82. The van der Waals surface area contributed by atoms with Crippen molar-refractivity contribution in [1.82, 2.24) is 15.8 Å². The van der Waals surface area contributed by atoms with E-state index in [0.29, 0.717) is 25.0 Å². The third-order valence-electron chi connectivity index (χ3n) is 3.03. The number of nitrogens with zero attached hydrogens (tertiary/aromatic N) is 1. The van der Waals surface area contributed by atoms with Crippen molar-refractivity contribution in [3.63, 3.8) is 0 Å². The van der Waals surface area contributed by atoms with Crippen molar-refractivity contribution >= 4 is 12.0 Å². The summed E-state index contributed by atoms with van der Waals surface area (Å²) in [5.74, 6) is -0.564. The van der Waals surface area contributed by atoms with Crippen LogP contribution >= 0.6 is 0 Å². The number of urea groups is 1. The van der Waals surface area contributed by atoms with Crippen LogP contribution in [0.1, 0.15) is 25.0 Å². The Balaban J connectivity index is 1.70. The summed E-state index contributed by atoms with van der Waals surface area (Å²) >= 11 is 0. The second-order valence-corrected chi connectivity index (χ2v) is 4.35. The Morgan fingerprint density at radius 3 is 2.94 bits per heavy atom. The zero-order valence-corrected chi connectivity index (χ0v) is 9.76. The number of amides is 2. The fraction of sp³-hybridized carbons (Fsp3) is 0.545. The predicted molar refractivity (Wildman–Crippen MR) is 60.6 cm³/mol. The van der Waals surface area contributed by atoms with Crippen molar-refractivity contribution in [2.45, 2.75) is 31.8 Å². The molecule has 2 amide bonds. The minimum atomic E-state index is -0.790. The van der Waals surface area contributed by atoms with Gasteiger partial charge in [0.1, 0.15) is 0 Å². The van der Waals surface area contributed by atoms with Crippen LogP contribution in [-0.2, 0) is 11.3 Å². The molecule has 0 saturated heterocycles. The van der Waals surface area contributed by atoms with Gasteiger partial charge >= 0.3 is 12.0 Å². The van der Waals surface area contributed by atoms with Crippen LogP contribution in [0.2, 0.25) is 0 Å². The average molecular weight is 253 g/mol. The number of nitrogens with one attached hydrogen (secondary N) is 2. The molecule has 1 aromatic rings. The zero-order valence-electron chi connectivity index (χ0n) is 9.76. The maximum atomic E-state index is 11.5. The number of carbonyl (C=O) groups is 2. The first-order valence-corrected chi connectivity index (χ1v) is 5.82. The molecule has 0 aliphatic heterocycles. The molecule has 1 fully saturated rings. The molecular formula is C11H15N3O4. The summed E-state index contributed by atoms with van der Waals surface area (Å²) in [6.07, 6.45) is 3.31. The van der Waals surface area contributed by atoms with Crippen LogP contribution in [0.5, 0.6) is 0 Å². The van der Waals surface area contributed by atoms with Gasteiger partial charge in [0, 0.05) is 12.1 Å². The summed E-state index contributed by atoms with van der Waals surface area (Å²) in [6, 6.07) is 1.28. The molecule has 1 heterocycles. The molecule has 0 aromatic carbocycles. The van der Waals surface area contributed by atoms with Gasteiger partial charge < -0.3 is 20.3 Å². The lowest BCUT2D eigenvalue weighted by molar-refractivity contribution is -0.141.